The number of halogens is 1. The third-order valence-electron chi connectivity index (χ3n) is 4.94. The smallest absolute Gasteiger partial charge is 0.191 e. The molecule has 148 valence electrons. The summed E-state index contributed by atoms with van der Waals surface area (Å²) < 4.78 is 0. The zero-order valence-electron chi connectivity index (χ0n) is 16.3. The van der Waals surface area contributed by atoms with Crippen molar-refractivity contribution in [1.82, 2.24) is 15.5 Å². The minimum absolute atomic E-state index is 0. The number of hydrogen-bond donors (Lipinski definition) is 2. The molecule has 1 aliphatic rings. The van der Waals surface area contributed by atoms with Gasteiger partial charge in [0.05, 0.1) is 6.54 Å². The molecule has 0 amide bonds. The average Bonchev–Trinajstić information content (AvgIpc) is 3.30. The van der Waals surface area contributed by atoms with Crippen molar-refractivity contribution in [2.24, 2.45) is 10.9 Å². The van der Waals surface area contributed by atoms with Gasteiger partial charge in [-0.2, -0.15) is 0 Å². The van der Waals surface area contributed by atoms with Crippen molar-refractivity contribution in [1.29, 1.82) is 0 Å². The van der Waals surface area contributed by atoms with E-state index in [-0.39, 0.29) is 24.0 Å². The van der Waals surface area contributed by atoms with Gasteiger partial charge < -0.3 is 15.5 Å². The first-order valence-corrected chi connectivity index (χ1v) is 10.3. The summed E-state index contributed by atoms with van der Waals surface area (Å²) in [5.74, 6) is 1.60. The molecule has 2 aromatic rings. The molecule has 0 bridgehead atoms. The lowest BCUT2D eigenvalue weighted by molar-refractivity contribution is 0.328. The van der Waals surface area contributed by atoms with Gasteiger partial charge in [-0.1, -0.05) is 30.3 Å². The van der Waals surface area contributed by atoms with Gasteiger partial charge in [0.1, 0.15) is 0 Å². The van der Waals surface area contributed by atoms with Gasteiger partial charge in [-0.05, 0) is 49.9 Å². The summed E-state index contributed by atoms with van der Waals surface area (Å²) in [5, 5.41) is 6.92. The van der Waals surface area contributed by atoms with Crippen molar-refractivity contribution in [3.05, 3.63) is 57.8 Å². The van der Waals surface area contributed by atoms with Gasteiger partial charge in [-0.3, -0.25) is 4.99 Å². The average molecular weight is 498 g/mol. The lowest BCUT2D eigenvalue weighted by atomic mass is 10.1. The fourth-order valence-electron chi connectivity index (χ4n) is 3.43. The standard InChI is InChI=1S/C21H30N4S.HI/c1-17-8-9-20(26-17)15-24-21(22-2)23-14-19-11-13-25(16-19)12-10-18-6-4-3-5-7-18;/h3-9,19H,10-16H2,1-2H3,(H2,22,23,24);1H. The van der Waals surface area contributed by atoms with Gasteiger partial charge in [0.15, 0.2) is 5.96 Å². The number of benzene rings is 1. The number of aliphatic imine (C=N–C) groups is 1. The molecule has 2 N–H and O–H groups in total. The number of nitrogens with zero attached hydrogens (tertiary/aromatic N) is 2. The summed E-state index contributed by atoms with van der Waals surface area (Å²) in [6, 6.07) is 15.1. The first-order valence-electron chi connectivity index (χ1n) is 9.49. The van der Waals surface area contributed by atoms with Crippen LogP contribution in [0.25, 0.3) is 0 Å². The molecule has 0 aliphatic carbocycles. The third kappa shape index (κ3) is 7.43. The minimum atomic E-state index is 0. The van der Waals surface area contributed by atoms with Crippen molar-refractivity contribution in [3.63, 3.8) is 0 Å². The second-order valence-electron chi connectivity index (χ2n) is 7.01. The first kappa shape index (κ1) is 22.2. The molecule has 27 heavy (non-hydrogen) atoms. The third-order valence-corrected chi connectivity index (χ3v) is 5.94. The van der Waals surface area contributed by atoms with Crippen LogP contribution in [0.2, 0.25) is 0 Å². The Balaban J connectivity index is 0.00000261. The normalized spacial score (nSPS) is 17.6. The van der Waals surface area contributed by atoms with Crippen LogP contribution >= 0.6 is 35.3 Å². The fourth-order valence-corrected chi connectivity index (χ4v) is 4.26. The minimum Gasteiger partial charge on any atom is -0.356 e. The molecule has 2 heterocycles. The summed E-state index contributed by atoms with van der Waals surface area (Å²) in [6.07, 6.45) is 2.41. The molecular weight excluding hydrogens is 467 g/mol. The summed E-state index contributed by atoms with van der Waals surface area (Å²) in [4.78, 5) is 9.64. The molecule has 0 radical (unpaired) electrons. The van der Waals surface area contributed by atoms with Gasteiger partial charge in [0.2, 0.25) is 0 Å². The maximum absolute atomic E-state index is 4.35. The van der Waals surface area contributed by atoms with Gasteiger partial charge in [-0.15, -0.1) is 35.3 Å². The molecule has 1 fully saturated rings. The Labute approximate surface area is 184 Å². The quantitative estimate of drug-likeness (QED) is 0.346. The van der Waals surface area contributed by atoms with Gasteiger partial charge in [-0.25, -0.2) is 0 Å². The van der Waals surface area contributed by atoms with Crippen molar-refractivity contribution >= 4 is 41.3 Å². The molecule has 1 aliphatic heterocycles. The number of nitrogens with one attached hydrogen (secondary N) is 2. The molecular formula is C21H31IN4S. The van der Waals surface area contributed by atoms with Crippen LogP contribution in [0.15, 0.2) is 47.5 Å². The molecule has 0 spiro atoms. The second-order valence-corrected chi connectivity index (χ2v) is 8.38. The Bertz CT molecular complexity index is 701. The largest absolute Gasteiger partial charge is 0.356 e. The summed E-state index contributed by atoms with van der Waals surface area (Å²) in [7, 11) is 1.84. The SMILES string of the molecule is CN=C(NCc1ccc(C)s1)NCC1CCN(CCc2ccccc2)C1.I. The Morgan fingerprint density at radius 2 is 2.00 bits per heavy atom. The Hall–Kier alpha value is -1.12. The fraction of sp³-hybridized carbons (Fsp3) is 0.476. The van der Waals surface area contributed by atoms with Gasteiger partial charge >= 0.3 is 0 Å². The van der Waals surface area contributed by atoms with Crippen molar-refractivity contribution < 1.29 is 0 Å². The zero-order valence-corrected chi connectivity index (χ0v) is 19.4. The number of rotatable bonds is 7. The highest BCUT2D eigenvalue weighted by molar-refractivity contribution is 14.0. The molecule has 4 nitrogen and oxygen atoms in total. The van der Waals surface area contributed by atoms with E-state index >= 15 is 0 Å². The van der Waals surface area contributed by atoms with Crippen LogP contribution in [0, 0.1) is 12.8 Å². The molecule has 1 aromatic carbocycles. The predicted molar refractivity (Wildman–Crippen MR) is 127 cm³/mol. The molecule has 0 saturated carbocycles. The van der Waals surface area contributed by atoms with Crippen LogP contribution in [0.4, 0.5) is 0 Å². The van der Waals surface area contributed by atoms with E-state index in [1.54, 1.807) is 0 Å². The van der Waals surface area contributed by atoms with Crippen molar-refractivity contribution in [3.8, 4) is 0 Å². The second kappa shape index (κ2) is 11.7. The van der Waals surface area contributed by atoms with Crippen molar-refractivity contribution in [2.45, 2.75) is 26.3 Å². The summed E-state index contributed by atoms with van der Waals surface area (Å²) in [5.41, 5.74) is 1.43. The highest BCUT2D eigenvalue weighted by Gasteiger charge is 2.22. The molecule has 1 aromatic heterocycles. The van der Waals surface area contributed by atoms with E-state index in [0.29, 0.717) is 5.92 Å². The van der Waals surface area contributed by atoms with Crippen LogP contribution in [0.3, 0.4) is 0 Å². The molecule has 6 heteroatoms. The monoisotopic (exact) mass is 498 g/mol. The Morgan fingerprint density at radius 3 is 2.70 bits per heavy atom. The van der Waals surface area contributed by atoms with E-state index in [4.69, 9.17) is 0 Å². The molecule has 1 atom stereocenters. The maximum Gasteiger partial charge on any atom is 0.191 e. The number of likely N-dealkylation sites (tertiary alicyclic amines) is 1. The van der Waals surface area contributed by atoms with E-state index < -0.39 is 0 Å². The molecule has 1 unspecified atom stereocenters. The van der Waals surface area contributed by atoms with Crippen LogP contribution < -0.4 is 10.6 Å². The molecule has 1 saturated heterocycles. The lowest BCUT2D eigenvalue weighted by Crippen LogP contribution is -2.39. The van der Waals surface area contributed by atoms with E-state index in [9.17, 15) is 0 Å². The predicted octanol–water partition coefficient (Wildman–Crippen LogP) is 3.90. The van der Waals surface area contributed by atoms with Crippen LogP contribution in [-0.4, -0.2) is 44.1 Å². The zero-order chi connectivity index (χ0) is 18.2. The Kier molecular flexibility index (Phi) is 9.58. The number of hydrogen-bond acceptors (Lipinski definition) is 3. The van der Waals surface area contributed by atoms with E-state index in [2.05, 4.69) is 69.9 Å². The van der Waals surface area contributed by atoms with Crippen LogP contribution in [0.5, 0.6) is 0 Å². The number of aryl methyl sites for hydroxylation is 1. The van der Waals surface area contributed by atoms with Crippen molar-refractivity contribution in [2.75, 3.05) is 33.2 Å². The summed E-state index contributed by atoms with van der Waals surface area (Å²) >= 11 is 1.84. The Morgan fingerprint density at radius 1 is 1.19 bits per heavy atom. The van der Waals surface area contributed by atoms with Gasteiger partial charge in [0, 0.05) is 36.4 Å². The highest BCUT2D eigenvalue weighted by Crippen LogP contribution is 2.16. The number of thiophene rings is 1. The lowest BCUT2D eigenvalue weighted by Gasteiger charge is -2.17. The highest BCUT2D eigenvalue weighted by atomic mass is 127. The topological polar surface area (TPSA) is 39.7 Å². The van der Waals surface area contributed by atoms with E-state index in [0.717, 1.165) is 32.0 Å². The van der Waals surface area contributed by atoms with Gasteiger partial charge in [0.25, 0.3) is 0 Å². The van der Waals surface area contributed by atoms with E-state index in [1.165, 1.54) is 34.8 Å². The maximum atomic E-state index is 4.35. The summed E-state index contributed by atoms with van der Waals surface area (Å²) in [6.45, 7) is 7.52. The van der Waals surface area contributed by atoms with E-state index in [1.807, 2.05) is 18.4 Å². The van der Waals surface area contributed by atoms with Crippen LogP contribution in [0.1, 0.15) is 21.7 Å². The van der Waals surface area contributed by atoms with Crippen LogP contribution in [-0.2, 0) is 13.0 Å². The number of guanidine groups is 1. The first-order chi connectivity index (χ1) is 12.7. The molecule has 3 rings (SSSR count).